The van der Waals surface area contributed by atoms with Gasteiger partial charge in [0, 0.05) is 13.2 Å². The van der Waals surface area contributed by atoms with E-state index >= 15 is 0 Å². The zero-order valence-electron chi connectivity index (χ0n) is 10.5. The lowest BCUT2D eigenvalue weighted by atomic mass is 9.89. The SMILES string of the molecule is COc1ccc(C(O)C2CCOCC2)cc1C. The molecular weight excluding hydrogens is 216 g/mol. The lowest BCUT2D eigenvalue weighted by Crippen LogP contribution is -2.22. The first kappa shape index (κ1) is 12.4. The average molecular weight is 236 g/mol. The van der Waals surface area contributed by atoms with Gasteiger partial charge in [-0.25, -0.2) is 0 Å². The third kappa shape index (κ3) is 2.79. The van der Waals surface area contributed by atoms with Gasteiger partial charge in [-0.1, -0.05) is 6.07 Å². The molecule has 1 fully saturated rings. The number of ether oxygens (including phenoxy) is 2. The molecule has 1 atom stereocenters. The molecule has 0 aliphatic carbocycles. The van der Waals surface area contributed by atoms with Crippen LogP contribution < -0.4 is 4.74 Å². The van der Waals surface area contributed by atoms with E-state index < -0.39 is 0 Å². The van der Waals surface area contributed by atoms with Gasteiger partial charge in [-0.3, -0.25) is 0 Å². The average Bonchev–Trinajstić information content (AvgIpc) is 2.39. The van der Waals surface area contributed by atoms with Crippen molar-refractivity contribution in [2.45, 2.75) is 25.9 Å². The van der Waals surface area contributed by atoms with Gasteiger partial charge >= 0.3 is 0 Å². The summed E-state index contributed by atoms with van der Waals surface area (Å²) >= 11 is 0. The van der Waals surface area contributed by atoms with Crippen molar-refractivity contribution in [3.63, 3.8) is 0 Å². The smallest absolute Gasteiger partial charge is 0.121 e. The number of methoxy groups -OCH3 is 1. The van der Waals surface area contributed by atoms with Crippen molar-refractivity contribution in [3.05, 3.63) is 29.3 Å². The Bertz CT molecular complexity index is 370. The molecule has 1 saturated heterocycles. The van der Waals surface area contributed by atoms with Crippen LogP contribution in [0.4, 0.5) is 0 Å². The summed E-state index contributed by atoms with van der Waals surface area (Å²) in [6.07, 6.45) is 1.49. The van der Waals surface area contributed by atoms with Crippen molar-refractivity contribution in [1.82, 2.24) is 0 Å². The van der Waals surface area contributed by atoms with Crippen molar-refractivity contribution in [3.8, 4) is 5.75 Å². The van der Waals surface area contributed by atoms with Crippen LogP contribution in [0, 0.1) is 12.8 Å². The fraction of sp³-hybridized carbons (Fsp3) is 0.571. The molecule has 1 heterocycles. The molecule has 0 radical (unpaired) electrons. The lowest BCUT2D eigenvalue weighted by Gasteiger charge is -2.27. The van der Waals surface area contributed by atoms with E-state index in [2.05, 4.69) is 0 Å². The van der Waals surface area contributed by atoms with E-state index in [4.69, 9.17) is 9.47 Å². The number of aliphatic hydroxyl groups excluding tert-OH is 1. The third-order valence-electron chi connectivity index (χ3n) is 3.47. The van der Waals surface area contributed by atoms with E-state index in [-0.39, 0.29) is 6.10 Å². The highest BCUT2D eigenvalue weighted by Gasteiger charge is 2.23. The fourth-order valence-electron chi connectivity index (χ4n) is 2.39. The molecule has 1 N–H and O–H groups in total. The van der Waals surface area contributed by atoms with E-state index in [9.17, 15) is 5.11 Å². The Morgan fingerprint density at radius 2 is 2.06 bits per heavy atom. The van der Waals surface area contributed by atoms with Crippen LogP contribution in [0.15, 0.2) is 18.2 Å². The van der Waals surface area contributed by atoms with Crippen LogP contribution in [0.1, 0.15) is 30.1 Å². The number of rotatable bonds is 3. The summed E-state index contributed by atoms with van der Waals surface area (Å²) < 4.78 is 10.5. The molecule has 0 saturated carbocycles. The second kappa shape index (κ2) is 5.52. The monoisotopic (exact) mass is 236 g/mol. The van der Waals surface area contributed by atoms with Gasteiger partial charge in [-0.05, 0) is 48.9 Å². The fourth-order valence-corrected chi connectivity index (χ4v) is 2.39. The van der Waals surface area contributed by atoms with E-state index in [1.165, 1.54) is 0 Å². The predicted molar refractivity (Wildman–Crippen MR) is 66.2 cm³/mol. The maximum absolute atomic E-state index is 10.3. The molecule has 3 heteroatoms. The quantitative estimate of drug-likeness (QED) is 0.876. The molecule has 1 aliphatic heterocycles. The molecular formula is C14H20O3. The summed E-state index contributed by atoms with van der Waals surface area (Å²) in [5.41, 5.74) is 2.05. The minimum atomic E-state index is -0.386. The Morgan fingerprint density at radius 3 is 2.65 bits per heavy atom. The highest BCUT2D eigenvalue weighted by atomic mass is 16.5. The zero-order chi connectivity index (χ0) is 12.3. The Kier molecular flexibility index (Phi) is 4.02. The first-order chi connectivity index (χ1) is 8.22. The first-order valence-corrected chi connectivity index (χ1v) is 6.12. The number of aliphatic hydroxyl groups is 1. The van der Waals surface area contributed by atoms with Crippen LogP contribution in [0.5, 0.6) is 5.75 Å². The van der Waals surface area contributed by atoms with Crippen molar-refractivity contribution >= 4 is 0 Å². The van der Waals surface area contributed by atoms with Crippen LogP contribution in [0.2, 0.25) is 0 Å². The lowest BCUT2D eigenvalue weighted by molar-refractivity contribution is 0.00715. The van der Waals surface area contributed by atoms with Crippen molar-refractivity contribution < 1.29 is 14.6 Å². The number of aryl methyl sites for hydroxylation is 1. The molecule has 1 aliphatic rings. The molecule has 0 aromatic heterocycles. The number of benzene rings is 1. The van der Waals surface area contributed by atoms with Gasteiger partial charge in [-0.2, -0.15) is 0 Å². The Balaban J connectivity index is 2.12. The van der Waals surface area contributed by atoms with Crippen LogP contribution in [-0.2, 0) is 4.74 Å². The van der Waals surface area contributed by atoms with E-state index in [1.807, 2.05) is 25.1 Å². The van der Waals surface area contributed by atoms with Crippen molar-refractivity contribution in [1.29, 1.82) is 0 Å². The van der Waals surface area contributed by atoms with Gasteiger partial charge in [-0.15, -0.1) is 0 Å². The summed E-state index contributed by atoms with van der Waals surface area (Å²) in [6.45, 7) is 3.52. The standard InChI is InChI=1S/C14H20O3/c1-10-9-12(3-4-13(10)16-2)14(15)11-5-7-17-8-6-11/h3-4,9,11,14-15H,5-8H2,1-2H3. The predicted octanol–water partition coefficient (Wildman–Crippen LogP) is 2.46. The molecule has 1 aromatic carbocycles. The number of hydrogen-bond acceptors (Lipinski definition) is 3. The minimum Gasteiger partial charge on any atom is -0.496 e. The summed E-state index contributed by atoms with van der Waals surface area (Å²) in [5.74, 6) is 1.18. The summed E-state index contributed by atoms with van der Waals surface area (Å²) in [4.78, 5) is 0. The third-order valence-corrected chi connectivity index (χ3v) is 3.47. The molecule has 2 rings (SSSR count). The molecule has 0 bridgehead atoms. The van der Waals surface area contributed by atoms with E-state index in [1.54, 1.807) is 7.11 Å². The van der Waals surface area contributed by atoms with Crippen molar-refractivity contribution in [2.75, 3.05) is 20.3 Å². The first-order valence-electron chi connectivity index (χ1n) is 6.12. The molecule has 0 amide bonds. The van der Waals surface area contributed by atoms with E-state index in [0.717, 1.165) is 42.9 Å². The molecule has 1 aromatic rings. The molecule has 94 valence electrons. The summed E-state index contributed by atoms with van der Waals surface area (Å²) in [6, 6.07) is 5.89. The topological polar surface area (TPSA) is 38.7 Å². The molecule has 3 nitrogen and oxygen atoms in total. The maximum Gasteiger partial charge on any atom is 0.121 e. The van der Waals surface area contributed by atoms with Crippen molar-refractivity contribution in [2.24, 2.45) is 5.92 Å². The zero-order valence-corrected chi connectivity index (χ0v) is 10.5. The summed E-state index contributed by atoms with van der Waals surface area (Å²) in [7, 11) is 1.66. The maximum atomic E-state index is 10.3. The Morgan fingerprint density at radius 1 is 1.35 bits per heavy atom. The highest BCUT2D eigenvalue weighted by Crippen LogP contribution is 2.31. The Labute approximate surface area is 102 Å². The normalized spacial score (nSPS) is 19.0. The molecule has 0 spiro atoms. The van der Waals surface area contributed by atoms with Crippen LogP contribution in [0.3, 0.4) is 0 Å². The van der Waals surface area contributed by atoms with E-state index in [0.29, 0.717) is 5.92 Å². The van der Waals surface area contributed by atoms with Gasteiger partial charge in [0.2, 0.25) is 0 Å². The van der Waals surface area contributed by atoms with Gasteiger partial charge in [0.05, 0.1) is 13.2 Å². The van der Waals surface area contributed by atoms with Gasteiger partial charge in [0.1, 0.15) is 5.75 Å². The minimum absolute atomic E-state index is 0.316. The molecule has 17 heavy (non-hydrogen) atoms. The van der Waals surface area contributed by atoms with Gasteiger partial charge in [0.25, 0.3) is 0 Å². The number of hydrogen-bond donors (Lipinski definition) is 1. The summed E-state index contributed by atoms with van der Waals surface area (Å²) in [5, 5.41) is 10.3. The Hall–Kier alpha value is -1.06. The largest absolute Gasteiger partial charge is 0.496 e. The van der Waals surface area contributed by atoms with Crippen LogP contribution in [0.25, 0.3) is 0 Å². The van der Waals surface area contributed by atoms with Crippen LogP contribution in [-0.4, -0.2) is 25.4 Å². The molecule has 1 unspecified atom stereocenters. The van der Waals surface area contributed by atoms with Crippen LogP contribution >= 0.6 is 0 Å². The van der Waals surface area contributed by atoms with Gasteiger partial charge < -0.3 is 14.6 Å². The second-order valence-electron chi connectivity index (χ2n) is 4.62. The highest BCUT2D eigenvalue weighted by molar-refractivity contribution is 5.37. The van der Waals surface area contributed by atoms with Gasteiger partial charge in [0.15, 0.2) is 0 Å². The second-order valence-corrected chi connectivity index (χ2v) is 4.62.